The van der Waals surface area contributed by atoms with Crippen molar-refractivity contribution in [2.75, 3.05) is 0 Å². The Morgan fingerprint density at radius 1 is 0.966 bits per heavy atom. The van der Waals surface area contributed by atoms with Crippen molar-refractivity contribution in [1.82, 2.24) is 9.78 Å². The first-order valence-corrected chi connectivity index (χ1v) is 9.22. The van der Waals surface area contributed by atoms with Crippen molar-refractivity contribution in [3.63, 3.8) is 0 Å². The maximum atomic E-state index is 11.1. The zero-order valence-electron chi connectivity index (χ0n) is 15.9. The molecule has 0 aliphatic heterocycles. The topological polar surface area (TPSA) is 70.2 Å². The Kier molecular flexibility index (Phi) is 5.07. The number of hydrogen-bond donors (Lipinski definition) is 0. The van der Waals surface area contributed by atoms with Gasteiger partial charge in [-0.2, -0.15) is 5.10 Å². The van der Waals surface area contributed by atoms with Crippen LogP contribution in [0.5, 0.6) is 11.6 Å². The van der Waals surface area contributed by atoms with E-state index in [1.165, 1.54) is 12.1 Å². The summed E-state index contributed by atoms with van der Waals surface area (Å²) in [6.45, 7) is 1.94. The molecule has 6 nitrogen and oxygen atoms in total. The van der Waals surface area contributed by atoms with Crippen LogP contribution in [0.15, 0.2) is 84.9 Å². The molecule has 4 aromatic rings. The van der Waals surface area contributed by atoms with Gasteiger partial charge in [0.2, 0.25) is 5.88 Å². The average Bonchev–Trinajstić information content (AvgIpc) is 3.05. The number of non-ortho nitro benzene ring substituents is 1. The van der Waals surface area contributed by atoms with Crippen LogP contribution in [0.25, 0.3) is 5.69 Å². The van der Waals surface area contributed by atoms with Gasteiger partial charge < -0.3 is 4.74 Å². The lowest BCUT2D eigenvalue weighted by molar-refractivity contribution is -0.384. The lowest BCUT2D eigenvalue weighted by Gasteiger charge is -2.11. The maximum Gasteiger partial charge on any atom is 0.273 e. The van der Waals surface area contributed by atoms with E-state index in [2.05, 4.69) is 17.2 Å². The third-order valence-electron chi connectivity index (χ3n) is 4.60. The fourth-order valence-electron chi connectivity index (χ4n) is 3.16. The molecule has 3 aromatic carbocycles. The van der Waals surface area contributed by atoms with E-state index < -0.39 is 4.92 Å². The fourth-order valence-corrected chi connectivity index (χ4v) is 3.16. The Balaban J connectivity index is 1.80. The molecule has 4 rings (SSSR count). The molecule has 0 radical (unpaired) electrons. The highest BCUT2D eigenvalue weighted by Crippen LogP contribution is 2.33. The van der Waals surface area contributed by atoms with E-state index in [9.17, 15) is 10.1 Å². The Bertz CT molecular complexity index is 1140. The van der Waals surface area contributed by atoms with Crippen LogP contribution in [-0.2, 0) is 6.42 Å². The molecule has 144 valence electrons. The molecule has 29 heavy (non-hydrogen) atoms. The van der Waals surface area contributed by atoms with Gasteiger partial charge >= 0.3 is 0 Å². The number of ether oxygens (including phenoxy) is 1. The van der Waals surface area contributed by atoms with Gasteiger partial charge in [-0.05, 0) is 30.7 Å². The molecule has 0 amide bonds. The second kappa shape index (κ2) is 7.98. The highest BCUT2D eigenvalue weighted by molar-refractivity contribution is 5.47. The second-order valence-corrected chi connectivity index (χ2v) is 6.64. The number of nitro benzene ring substituents is 1. The molecule has 6 heteroatoms. The van der Waals surface area contributed by atoms with Crippen LogP contribution < -0.4 is 4.74 Å². The largest absolute Gasteiger partial charge is 0.438 e. The molecular weight excluding hydrogens is 366 g/mol. The summed E-state index contributed by atoms with van der Waals surface area (Å²) in [5.41, 5.74) is 3.75. The Morgan fingerprint density at radius 2 is 1.66 bits per heavy atom. The van der Waals surface area contributed by atoms with Gasteiger partial charge in [0.1, 0.15) is 5.75 Å². The van der Waals surface area contributed by atoms with Crippen molar-refractivity contribution in [2.45, 2.75) is 13.3 Å². The van der Waals surface area contributed by atoms with E-state index in [0.717, 1.165) is 22.5 Å². The standard InChI is InChI=1S/C23H19N3O3/c1-17-22(15-18-9-4-2-5-10-18)23(25(24-17)19-11-6-3-7-12-19)29-21-14-8-13-20(16-21)26(27)28/h2-14,16H,15H2,1H3. The number of para-hydroxylation sites is 1. The molecule has 0 atom stereocenters. The second-order valence-electron chi connectivity index (χ2n) is 6.64. The number of hydrogen-bond acceptors (Lipinski definition) is 4. The first-order valence-electron chi connectivity index (χ1n) is 9.22. The Morgan fingerprint density at radius 3 is 2.34 bits per heavy atom. The number of nitro groups is 1. The summed E-state index contributed by atoms with van der Waals surface area (Å²) in [5.74, 6) is 0.948. The third-order valence-corrected chi connectivity index (χ3v) is 4.60. The molecular formula is C23H19N3O3. The minimum Gasteiger partial charge on any atom is -0.438 e. The summed E-state index contributed by atoms with van der Waals surface area (Å²) in [5, 5.41) is 15.8. The van der Waals surface area contributed by atoms with Gasteiger partial charge in [0, 0.05) is 18.1 Å². The maximum absolute atomic E-state index is 11.1. The van der Waals surface area contributed by atoms with Gasteiger partial charge in [0.25, 0.3) is 5.69 Å². The van der Waals surface area contributed by atoms with Gasteiger partial charge in [0.15, 0.2) is 0 Å². The molecule has 0 bridgehead atoms. The van der Waals surface area contributed by atoms with E-state index in [-0.39, 0.29) is 5.69 Å². The van der Waals surface area contributed by atoms with Gasteiger partial charge in [-0.15, -0.1) is 0 Å². The van der Waals surface area contributed by atoms with Crippen molar-refractivity contribution >= 4 is 5.69 Å². The third kappa shape index (κ3) is 4.01. The minimum atomic E-state index is -0.433. The molecule has 1 heterocycles. The van der Waals surface area contributed by atoms with Gasteiger partial charge in [-0.1, -0.05) is 54.6 Å². The normalized spacial score (nSPS) is 10.7. The average molecular weight is 385 g/mol. The van der Waals surface area contributed by atoms with Gasteiger partial charge in [-0.3, -0.25) is 10.1 Å². The lowest BCUT2D eigenvalue weighted by Crippen LogP contribution is -2.01. The fraction of sp³-hybridized carbons (Fsp3) is 0.0870. The summed E-state index contributed by atoms with van der Waals surface area (Å²) in [7, 11) is 0. The zero-order valence-corrected chi connectivity index (χ0v) is 15.9. The predicted octanol–water partition coefficient (Wildman–Crippen LogP) is 5.47. The predicted molar refractivity (Wildman–Crippen MR) is 111 cm³/mol. The van der Waals surface area contributed by atoms with Crippen LogP contribution in [0.2, 0.25) is 0 Å². The van der Waals surface area contributed by atoms with E-state index in [4.69, 9.17) is 4.74 Å². The van der Waals surface area contributed by atoms with Crippen LogP contribution in [0.1, 0.15) is 16.8 Å². The smallest absolute Gasteiger partial charge is 0.273 e. The van der Waals surface area contributed by atoms with Crippen LogP contribution in [0, 0.1) is 17.0 Å². The lowest BCUT2D eigenvalue weighted by atomic mass is 10.1. The summed E-state index contributed by atoms with van der Waals surface area (Å²) >= 11 is 0. The molecule has 0 fully saturated rings. The molecule has 0 aliphatic rings. The minimum absolute atomic E-state index is 0.0189. The first kappa shape index (κ1) is 18.4. The number of aryl methyl sites for hydroxylation is 1. The van der Waals surface area contributed by atoms with Crippen LogP contribution in [0.3, 0.4) is 0 Å². The van der Waals surface area contributed by atoms with Crippen LogP contribution in [0.4, 0.5) is 5.69 Å². The molecule has 0 saturated carbocycles. The molecule has 0 spiro atoms. The number of aromatic nitrogens is 2. The van der Waals surface area contributed by atoms with Gasteiger partial charge in [0.05, 0.1) is 22.4 Å². The van der Waals surface area contributed by atoms with E-state index in [0.29, 0.717) is 18.1 Å². The number of nitrogens with zero attached hydrogens (tertiary/aromatic N) is 3. The summed E-state index contributed by atoms with van der Waals surface area (Å²) < 4.78 is 7.92. The van der Waals surface area contributed by atoms with Crippen molar-refractivity contribution in [2.24, 2.45) is 0 Å². The van der Waals surface area contributed by atoms with Crippen molar-refractivity contribution in [3.05, 3.63) is 112 Å². The summed E-state index contributed by atoms with van der Waals surface area (Å²) in [6, 6.07) is 25.9. The highest BCUT2D eigenvalue weighted by Gasteiger charge is 2.20. The van der Waals surface area contributed by atoms with Crippen molar-refractivity contribution < 1.29 is 9.66 Å². The summed E-state index contributed by atoms with van der Waals surface area (Å²) in [4.78, 5) is 10.7. The molecule has 0 N–H and O–H groups in total. The van der Waals surface area contributed by atoms with E-state index in [1.807, 2.05) is 55.5 Å². The van der Waals surface area contributed by atoms with E-state index >= 15 is 0 Å². The van der Waals surface area contributed by atoms with Crippen LogP contribution in [-0.4, -0.2) is 14.7 Å². The molecule has 0 aliphatic carbocycles. The van der Waals surface area contributed by atoms with Crippen molar-refractivity contribution in [3.8, 4) is 17.3 Å². The zero-order chi connectivity index (χ0) is 20.2. The Hall–Kier alpha value is -3.93. The van der Waals surface area contributed by atoms with E-state index in [1.54, 1.807) is 16.8 Å². The SMILES string of the molecule is Cc1nn(-c2ccccc2)c(Oc2cccc([N+](=O)[O-])c2)c1Cc1ccccc1. The summed E-state index contributed by atoms with van der Waals surface area (Å²) in [6.07, 6.45) is 0.643. The van der Waals surface area contributed by atoms with Crippen molar-refractivity contribution in [1.29, 1.82) is 0 Å². The van der Waals surface area contributed by atoms with Crippen LogP contribution >= 0.6 is 0 Å². The Labute approximate surface area is 168 Å². The van der Waals surface area contributed by atoms with Gasteiger partial charge in [-0.25, -0.2) is 4.68 Å². The number of rotatable bonds is 6. The molecule has 0 saturated heterocycles. The molecule has 1 aromatic heterocycles. The number of benzene rings is 3. The quantitative estimate of drug-likeness (QED) is 0.326. The monoisotopic (exact) mass is 385 g/mol. The molecule has 0 unspecified atom stereocenters. The first-order chi connectivity index (χ1) is 14.1. The highest BCUT2D eigenvalue weighted by atomic mass is 16.6.